The first-order chi connectivity index (χ1) is 19.8. The van der Waals surface area contributed by atoms with Crippen LogP contribution in [0.5, 0.6) is 11.5 Å². The van der Waals surface area contributed by atoms with Crippen molar-refractivity contribution < 1.29 is 8.85 Å². The van der Waals surface area contributed by atoms with E-state index in [9.17, 15) is 0 Å². The maximum absolute atomic E-state index is 7.89. The van der Waals surface area contributed by atoms with Crippen molar-refractivity contribution in [2.75, 3.05) is 23.5 Å². The predicted molar refractivity (Wildman–Crippen MR) is 154 cm³/mol. The van der Waals surface area contributed by atoms with Crippen LogP contribution in [0.4, 0.5) is 17.2 Å². The van der Waals surface area contributed by atoms with Gasteiger partial charge in [0.25, 0.3) is 0 Å². The summed E-state index contributed by atoms with van der Waals surface area (Å²) in [5, 5.41) is 2.08. The summed E-state index contributed by atoms with van der Waals surface area (Å²) >= 11 is 0. The van der Waals surface area contributed by atoms with Gasteiger partial charge in [0.05, 0.1) is 23.4 Å². The van der Waals surface area contributed by atoms with Gasteiger partial charge in [-0.05, 0) is 73.9 Å². The Morgan fingerprint density at radius 2 is 1.71 bits per heavy atom. The summed E-state index contributed by atoms with van der Waals surface area (Å²) in [6.45, 7) is 0.471. The number of rotatable bonds is 4. The third-order valence-corrected chi connectivity index (χ3v) is 7.00. The van der Waals surface area contributed by atoms with Crippen LogP contribution >= 0.6 is 0 Å². The Hall–Kier alpha value is -4.84. The largest absolute Gasteiger partial charge is 0.457 e. The van der Waals surface area contributed by atoms with Crippen molar-refractivity contribution in [3.63, 3.8) is 0 Å². The van der Waals surface area contributed by atoms with Gasteiger partial charge in [0.15, 0.2) is 5.82 Å². The highest BCUT2D eigenvalue weighted by Gasteiger charge is 2.26. The molecule has 0 amide bonds. The van der Waals surface area contributed by atoms with Crippen LogP contribution in [0.25, 0.3) is 27.6 Å². The van der Waals surface area contributed by atoms with Gasteiger partial charge in [0.2, 0.25) is 0 Å². The molecule has 0 bridgehead atoms. The van der Waals surface area contributed by atoms with Crippen molar-refractivity contribution >= 4 is 39.0 Å². The minimum absolute atomic E-state index is 0.247. The summed E-state index contributed by atoms with van der Waals surface area (Å²) in [4.78, 5) is 13.7. The molecule has 6 heteroatoms. The quantitative estimate of drug-likeness (QED) is 0.250. The van der Waals surface area contributed by atoms with Crippen LogP contribution in [0.3, 0.4) is 0 Å². The van der Waals surface area contributed by atoms with E-state index in [1.54, 1.807) is 18.3 Å². The summed E-state index contributed by atoms with van der Waals surface area (Å²) in [5.41, 5.74) is 5.13. The van der Waals surface area contributed by atoms with Crippen molar-refractivity contribution in [1.29, 1.82) is 0 Å². The number of ether oxygens (including phenoxy) is 1. The fourth-order valence-electron chi connectivity index (χ4n) is 5.24. The Morgan fingerprint density at radius 3 is 2.63 bits per heavy atom. The predicted octanol–water partition coefficient (Wildman–Crippen LogP) is 7.53. The maximum Gasteiger partial charge on any atom is 0.158 e. The molecule has 0 saturated heterocycles. The van der Waals surface area contributed by atoms with Gasteiger partial charge in [-0.1, -0.05) is 24.3 Å². The minimum Gasteiger partial charge on any atom is -0.457 e. The Labute approximate surface area is 225 Å². The molecular formula is C32H27N5O. The molecule has 1 aliphatic heterocycles. The lowest BCUT2D eigenvalue weighted by Gasteiger charge is -2.19. The first kappa shape index (κ1) is 19.3. The lowest BCUT2D eigenvalue weighted by Crippen LogP contribution is -2.24. The maximum atomic E-state index is 7.89. The van der Waals surface area contributed by atoms with Gasteiger partial charge in [-0.15, -0.1) is 0 Å². The standard InChI is InChI=1S/C32H27N5O/c1-21-15-16-33-31(17-21)37-28-10-5-4-9-26(28)27-13-12-25(19-30(27)37)38-24-8-6-7-23(18-24)36-20-35(3)29-14-11-22(2)34-32(29)36/h4-19H,20H2,1-3H3/i1D3. The molecule has 3 aromatic heterocycles. The first-order valence-electron chi connectivity index (χ1n) is 14.0. The molecular weight excluding hydrogens is 470 g/mol. The monoisotopic (exact) mass is 500 g/mol. The van der Waals surface area contributed by atoms with Crippen molar-refractivity contribution in [3.8, 4) is 17.3 Å². The van der Waals surface area contributed by atoms with Crippen LogP contribution in [0.15, 0.2) is 97.2 Å². The van der Waals surface area contributed by atoms with Gasteiger partial charge in [-0.3, -0.25) is 4.57 Å². The fraction of sp³-hybridized carbons (Fsp3) is 0.125. The third-order valence-electron chi connectivity index (χ3n) is 7.00. The number of aryl methyl sites for hydroxylation is 2. The second kappa shape index (κ2) is 8.63. The Morgan fingerprint density at radius 1 is 0.842 bits per heavy atom. The van der Waals surface area contributed by atoms with Gasteiger partial charge >= 0.3 is 0 Å². The van der Waals surface area contributed by atoms with Crippen molar-refractivity contribution in [2.45, 2.75) is 13.8 Å². The molecule has 0 saturated carbocycles. The minimum atomic E-state index is -2.23. The van der Waals surface area contributed by atoms with Gasteiger partial charge in [-0.25, -0.2) is 9.97 Å². The molecule has 186 valence electrons. The molecule has 6 aromatic rings. The second-order valence-electron chi connectivity index (χ2n) is 9.60. The number of hydrogen-bond donors (Lipinski definition) is 0. The highest BCUT2D eigenvalue weighted by Crippen LogP contribution is 2.40. The van der Waals surface area contributed by atoms with E-state index in [1.165, 1.54) is 0 Å². The molecule has 7 rings (SSSR count). The third kappa shape index (κ3) is 3.65. The molecule has 0 fully saturated rings. The number of anilines is 3. The van der Waals surface area contributed by atoms with E-state index in [2.05, 4.69) is 40.0 Å². The summed E-state index contributed by atoms with van der Waals surface area (Å²) in [6, 6.07) is 29.4. The molecule has 3 aromatic carbocycles. The molecule has 0 N–H and O–H groups in total. The lowest BCUT2D eigenvalue weighted by atomic mass is 10.1. The van der Waals surface area contributed by atoms with E-state index < -0.39 is 6.85 Å². The van der Waals surface area contributed by atoms with E-state index in [1.807, 2.05) is 72.2 Å². The van der Waals surface area contributed by atoms with Crippen LogP contribution in [-0.2, 0) is 0 Å². The molecule has 0 atom stereocenters. The van der Waals surface area contributed by atoms with Crippen LogP contribution in [0.2, 0.25) is 0 Å². The van der Waals surface area contributed by atoms with E-state index in [4.69, 9.17) is 13.8 Å². The smallest absolute Gasteiger partial charge is 0.158 e. The van der Waals surface area contributed by atoms with Gasteiger partial charge in [-0.2, -0.15) is 0 Å². The average Bonchev–Trinajstić information content (AvgIpc) is 3.46. The summed E-state index contributed by atoms with van der Waals surface area (Å²) in [7, 11) is 2.06. The highest BCUT2D eigenvalue weighted by molar-refractivity contribution is 6.09. The van der Waals surface area contributed by atoms with Gasteiger partial charge < -0.3 is 14.5 Å². The summed E-state index contributed by atoms with van der Waals surface area (Å²) in [6.07, 6.45) is 1.55. The van der Waals surface area contributed by atoms with Crippen molar-refractivity contribution in [1.82, 2.24) is 14.5 Å². The van der Waals surface area contributed by atoms with Crippen LogP contribution in [-0.4, -0.2) is 28.3 Å². The molecule has 1 aliphatic rings. The molecule has 0 radical (unpaired) electrons. The SMILES string of the molecule is [2H]C([2H])([2H])c1ccnc(-n2c3ccccc3c3ccc(Oc4cccc(N5CN(C)c6ccc(C)nc65)c4)cc32)c1. The van der Waals surface area contributed by atoms with Crippen LogP contribution in [0, 0.1) is 13.8 Å². The molecule has 4 heterocycles. The molecule has 0 aliphatic carbocycles. The molecule has 0 unspecified atom stereocenters. The van der Waals surface area contributed by atoms with E-state index in [0.29, 0.717) is 24.0 Å². The van der Waals surface area contributed by atoms with Crippen LogP contribution < -0.4 is 14.5 Å². The van der Waals surface area contributed by atoms with E-state index in [0.717, 1.165) is 44.7 Å². The normalized spacial score (nSPS) is 14.4. The number of para-hydroxylation sites is 1. The number of pyridine rings is 2. The van der Waals surface area contributed by atoms with E-state index >= 15 is 0 Å². The fourth-order valence-corrected chi connectivity index (χ4v) is 5.24. The highest BCUT2D eigenvalue weighted by atomic mass is 16.5. The van der Waals surface area contributed by atoms with Crippen LogP contribution in [0.1, 0.15) is 15.4 Å². The van der Waals surface area contributed by atoms with Crippen molar-refractivity contribution in [2.24, 2.45) is 0 Å². The number of hydrogen-bond acceptors (Lipinski definition) is 5. The number of nitrogens with zero attached hydrogens (tertiary/aromatic N) is 5. The number of benzene rings is 3. The Balaban J connectivity index is 1.29. The number of aromatic nitrogens is 3. The molecule has 38 heavy (non-hydrogen) atoms. The average molecular weight is 501 g/mol. The summed E-state index contributed by atoms with van der Waals surface area (Å²) < 4.78 is 32.1. The van der Waals surface area contributed by atoms with Gasteiger partial charge in [0, 0.05) is 51.6 Å². The zero-order chi connectivity index (χ0) is 28.3. The summed E-state index contributed by atoms with van der Waals surface area (Å²) in [5.74, 6) is 2.85. The van der Waals surface area contributed by atoms with E-state index in [-0.39, 0.29) is 5.56 Å². The van der Waals surface area contributed by atoms with Crippen molar-refractivity contribution in [3.05, 3.63) is 108 Å². The topological polar surface area (TPSA) is 46.4 Å². The number of fused-ring (bicyclic) bond motifs is 4. The van der Waals surface area contributed by atoms with Gasteiger partial charge in [0.1, 0.15) is 17.3 Å². The Kier molecular flexibility index (Phi) is 4.38. The molecule has 6 nitrogen and oxygen atoms in total. The zero-order valence-electron chi connectivity index (χ0n) is 24.1. The molecule has 0 spiro atoms. The first-order valence-corrected chi connectivity index (χ1v) is 12.5. The second-order valence-corrected chi connectivity index (χ2v) is 9.60. The Bertz CT molecular complexity index is 1950. The lowest BCUT2D eigenvalue weighted by molar-refractivity contribution is 0.483. The zero-order valence-corrected chi connectivity index (χ0v) is 21.1.